The first-order valence-corrected chi connectivity index (χ1v) is 5.78. The lowest BCUT2D eigenvalue weighted by molar-refractivity contribution is 0.276. The van der Waals surface area contributed by atoms with Gasteiger partial charge in [-0.1, -0.05) is 30.3 Å². The molecule has 3 nitrogen and oxygen atoms in total. The molecule has 0 amide bonds. The molecule has 0 heterocycles. The summed E-state index contributed by atoms with van der Waals surface area (Å²) in [6.45, 7) is 0.463. The lowest BCUT2D eigenvalue weighted by Gasteiger charge is -2.10. The first kappa shape index (κ1) is 12.5. The van der Waals surface area contributed by atoms with Gasteiger partial charge in [0.25, 0.3) is 0 Å². The fraction of sp³-hybridized carbons (Fsp3) is 0.200. The molecule has 2 aromatic carbocycles. The van der Waals surface area contributed by atoms with Crippen LogP contribution < -0.4 is 9.47 Å². The molecule has 0 saturated carbocycles. The van der Waals surface area contributed by atoms with Gasteiger partial charge in [-0.05, 0) is 23.8 Å². The molecule has 0 bridgehead atoms. The van der Waals surface area contributed by atoms with Crippen molar-refractivity contribution in [2.24, 2.45) is 0 Å². The Bertz CT molecular complexity index is 509. The molecule has 0 saturated heterocycles. The minimum Gasteiger partial charge on any atom is -0.496 e. The van der Waals surface area contributed by atoms with E-state index in [4.69, 9.17) is 14.6 Å². The zero-order valence-corrected chi connectivity index (χ0v) is 10.3. The van der Waals surface area contributed by atoms with Crippen molar-refractivity contribution >= 4 is 0 Å². The zero-order chi connectivity index (χ0) is 12.8. The van der Waals surface area contributed by atoms with Gasteiger partial charge in [0.2, 0.25) is 0 Å². The normalized spacial score (nSPS) is 10.1. The lowest BCUT2D eigenvalue weighted by Crippen LogP contribution is -1.98. The van der Waals surface area contributed by atoms with Crippen LogP contribution in [0.3, 0.4) is 0 Å². The Morgan fingerprint density at radius 1 is 1.06 bits per heavy atom. The minimum absolute atomic E-state index is 0.0197. The molecule has 0 spiro atoms. The van der Waals surface area contributed by atoms with Crippen LogP contribution in [-0.4, -0.2) is 12.2 Å². The van der Waals surface area contributed by atoms with Gasteiger partial charge in [-0.3, -0.25) is 0 Å². The molecule has 0 atom stereocenters. The van der Waals surface area contributed by atoms with Crippen molar-refractivity contribution in [3.63, 3.8) is 0 Å². The van der Waals surface area contributed by atoms with E-state index in [-0.39, 0.29) is 6.61 Å². The highest BCUT2D eigenvalue weighted by Gasteiger charge is 2.02. The van der Waals surface area contributed by atoms with Gasteiger partial charge < -0.3 is 14.6 Å². The van der Waals surface area contributed by atoms with Crippen LogP contribution in [0.5, 0.6) is 11.5 Å². The Morgan fingerprint density at radius 3 is 2.67 bits per heavy atom. The fourth-order valence-corrected chi connectivity index (χ4v) is 1.72. The van der Waals surface area contributed by atoms with Crippen LogP contribution in [0.15, 0.2) is 48.5 Å². The highest BCUT2D eigenvalue weighted by molar-refractivity contribution is 5.34. The predicted molar refractivity (Wildman–Crippen MR) is 69.7 cm³/mol. The molecule has 2 rings (SSSR count). The molecular formula is C15H16O3. The van der Waals surface area contributed by atoms with Crippen LogP contribution in [0, 0.1) is 0 Å². The molecule has 94 valence electrons. The van der Waals surface area contributed by atoms with Crippen LogP contribution >= 0.6 is 0 Å². The van der Waals surface area contributed by atoms with E-state index in [9.17, 15) is 0 Å². The molecule has 2 aromatic rings. The molecule has 0 aliphatic carbocycles. The molecule has 0 aromatic heterocycles. The number of rotatable bonds is 5. The molecule has 0 radical (unpaired) electrons. The Balaban J connectivity index is 2.06. The summed E-state index contributed by atoms with van der Waals surface area (Å²) in [6, 6.07) is 15.2. The van der Waals surface area contributed by atoms with Crippen LogP contribution in [0.4, 0.5) is 0 Å². The minimum atomic E-state index is 0.0197. The van der Waals surface area contributed by atoms with Crippen molar-refractivity contribution in [3.05, 3.63) is 59.7 Å². The second-order valence-electron chi connectivity index (χ2n) is 3.91. The number of para-hydroxylation sites is 1. The number of ether oxygens (including phenoxy) is 2. The van der Waals surface area contributed by atoms with Crippen molar-refractivity contribution < 1.29 is 14.6 Å². The van der Waals surface area contributed by atoms with Gasteiger partial charge in [0.05, 0.1) is 13.7 Å². The number of methoxy groups -OCH3 is 1. The third-order valence-electron chi connectivity index (χ3n) is 2.67. The smallest absolute Gasteiger partial charge is 0.125 e. The summed E-state index contributed by atoms with van der Waals surface area (Å²) in [4.78, 5) is 0. The SMILES string of the molecule is COc1ccccc1COc1cccc(CO)c1. The molecule has 0 aliphatic rings. The maximum absolute atomic E-state index is 9.05. The van der Waals surface area contributed by atoms with E-state index in [1.165, 1.54) is 0 Å². The van der Waals surface area contributed by atoms with Crippen LogP contribution in [0.1, 0.15) is 11.1 Å². The first-order chi connectivity index (χ1) is 8.83. The number of benzene rings is 2. The first-order valence-electron chi connectivity index (χ1n) is 5.78. The summed E-state index contributed by atoms with van der Waals surface area (Å²) in [7, 11) is 1.64. The predicted octanol–water partition coefficient (Wildman–Crippen LogP) is 2.77. The highest BCUT2D eigenvalue weighted by atomic mass is 16.5. The maximum atomic E-state index is 9.05. The quantitative estimate of drug-likeness (QED) is 0.879. The Labute approximate surface area is 107 Å². The monoisotopic (exact) mass is 244 g/mol. The van der Waals surface area contributed by atoms with Gasteiger partial charge >= 0.3 is 0 Å². The largest absolute Gasteiger partial charge is 0.496 e. The van der Waals surface area contributed by atoms with Gasteiger partial charge in [0, 0.05) is 5.56 Å². The van der Waals surface area contributed by atoms with E-state index in [0.29, 0.717) is 6.61 Å². The molecular weight excluding hydrogens is 228 g/mol. The average molecular weight is 244 g/mol. The van der Waals surface area contributed by atoms with E-state index in [0.717, 1.165) is 22.6 Å². The second kappa shape index (κ2) is 6.07. The van der Waals surface area contributed by atoms with E-state index in [1.54, 1.807) is 7.11 Å². The number of hydrogen-bond donors (Lipinski definition) is 1. The molecule has 3 heteroatoms. The Kier molecular flexibility index (Phi) is 4.20. The Morgan fingerprint density at radius 2 is 1.89 bits per heavy atom. The fourth-order valence-electron chi connectivity index (χ4n) is 1.72. The van der Waals surface area contributed by atoms with Crippen molar-refractivity contribution in [3.8, 4) is 11.5 Å². The topological polar surface area (TPSA) is 38.7 Å². The highest BCUT2D eigenvalue weighted by Crippen LogP contribution is 2.20. The molecule has 1 N–H and O–H groups in total. The summed E-state index contributed by atoms with van der Waals surface area (Å²) in [5.74, 6) is 1.56. The van der Waals surface area contributed by atoms with Gasteiger partial charge in [-0.15, -0.1) is 0 Å². The molecule has 18 heavy (non-hydrogen) atoms. The standard InChI is InChI=1S/C15H16O3/c1-17-15-8-3-2-6-13(15)11-18-14-7-4-5-12(9-14)10-16/h2-9,16H,10-11H2,1H3. The van der Waals surface area contributed by atoms with Crippen molar-refractivity contribution in [2.45, 2.75) is 13.2 Å². The van der Waals surface area contributed by atoms with Gasteiger partial charge in [0.1, 0.15) is 18.1 Å². The third kappa shape index (κ3) is 3.02. The zero-order valence-electron chi connectivity index (χ0n) is 10.3. The van der Waals surface area contributed by atoms with Crippen molar-refractivity contribution in [1.29, 1.82) is 0 Å². The molecule has 0 unspecified atom stereocenters. The van der Waals surface area contributed by atoms with Gasteiger partial charge in [-0.2, -0.15) is 0 Å². The van der Waals surface area contributed by atoms with Gasteiger partial charge in [-0.25, -0.2) is 0 Å². The summed E-state index contributed by atoms with van der Waals surface area (Å²) >= 11 is 0. The average Bonchev–Trinajstić information content (AvgIpc) is 2.45. The number of aliphatic hydroxyl groups is 1. The molecule has 0 aliphatic heterocycles. The summed E-state index contributed by atoms with van der Waals surface area (Å²) in [5.41, 5.74) is 1.84. The summed E-state index contributed by atoms with van der Waals surface area (Å²) < 4.78 is 10.9. The van der Waals surface area contributed by atoms with Crippen LogP contribution in [0.2, 0.25) is 0 Å². The summed E-state index contributed by atoms with van der Waals surface area (Å²) in [5, 5.41) is 9.05. The lowest BCUT2D eigenvalue weighted by atomic mass is 10.2. The third-order valence-corrected chi connectivity index (χ3v) is 2.67. The van der Waals surface area contributed by atoms with Crippen LogP contribution in [-0.2, 0) is 13.2 Å². The Hall–Kier alpha value is -2.00. The number of aliphatic hydroxyl groups excluding tert-OH is 1. The molecule has 0 fully saturated rings. The van der Waals surface area contributed by atoms with E-state index in [1.807, 2.05) is 48.5 Å². The van der Waals surface area contributed by atoms with Crippen molar-refractivity contribution in [2.75, 3.05) is 7.11 Å². The van der Waals surface area contributed by atoms with Gasteiger partial charge in [0.15, 0.2) is 0 Å². The van der Waals surface area contributed by atoms with E-state index in [2.05, 4.69) is 0 Å². The summed E-state index contributed by atoms with van der Waals surface area (Å²) in [6.07, 6.45) is 0. The van der Waals surface area contributed by atoms with E-state index < -0.39 is 0 Å². The second-order valence-corrected chi connectivity index (χ2v) is 3.91. The van der Waals surface area contributed by atoms with Crippen molar-refractivity contribution in [1.82, 2.24) is 0 Å². The van der Waals surface area contributed by atoms with Crippen LogP contribution in [0.25, 0.3) is 0 Å². The maximum Gasteiger partial charge on any atom is 0.125 e. The van der Waals surface area contributed by atoms with E-state index >= 15 is 0 Å². The number of hydrogen-bond acceptors (Lipinski definition) is 3.